The number of hydrogen-bond donors (Lipinski definition) is 39. The summed E-state index contributed by atoms with van der Waals surface area (Å²) in [5.74, 6) is -14.7. The molecule has 0 unspecified atom stereocenters. The molecule has 1 aliphatic carbocycles. The minimum Gasteiger partial charge on any atom is -0.480 e. The maximum absolute atomic E-state index is 15.3. The van der Waals surface area contributed by atoms with Gasteiger partial charge in [-0.15, -0.1) is 0 Å². The Morgan fingerprint density at radius 1 is 0.417 bits per heavy atom. The first kappa shape index (κ1) is 112. The molecule has 139 heavy (non-hydrogen) atoms. The predicted molar refractivity (Wildman–Crippen MR) is 529 cm³/mol. The number of fused-ring (bicyclic) bond motifs is 8. The van der Waals surface area contributed by atoms with Crippen molar-refractivity contribution in [2.75, 3.05) is 58.9 Å². The fraction of sp³-hybridized carbons (Fsp3) is 0.540. The summed E-state index contributed by atoms with van der Waals surface area (Å²) in [4.78, 5) is 179. The number of rotatable bonds is 59. The molecule has 6 rings (SSSR count). The number of aliphatic carboxylic acids is 1. The summed E-state index contributed by atoms with van der Waals surface area (Å²) in [5.41, 5.74) is 61.8. The zero-order valence-electron chi connectivity index (χ0n) is 79.3. The fourth-order valence-corrected chi connectivity index (χ4v) is 16.3. The lowest BCUT2D eigenvalue weighted by molar-refractivity contribution is -0.142. The van der Waals surface area contributed by atoms with E-state index < -0.39 is 161 Å². The molecule has 0 fully saturated rings. The number of carbonyl (C=O) groups excluding carboxylic acids is 10. The topological polar surface area (TPSA) is 931 Å². The lowest BCUT2D eigenvalue weighted by Crippen LogP contribution is -2.60. The van der Waals surface area contributed by atoms with Crippen molar-refractivity contribution in [1.82, 2.24) is 116 Å². The molecule has 0 saturated carbocycles. The molecule has 3 aliphatic rings. The molecule has 2 aliphatic heterocycles. The lowest BCUT2D eigenvalue weighted by Gasteiger charge is -2.29. The first-order valence-corrected chi connectivity index (χ1v) is 46.2. The Bertz CT molecular complexity index is 5220. The van der Waals surface area contributed by atoms with Gasteiger partial charge < -0.3 is 162 Å². The third-order valence-electron chi connectivity index (χ3n) is 23.6. The summed E-state index contributed by atoms with van der Waals surface area (Å²) in [6.45, 7) is 14.0. The van der Waals surface area contributed by atoms with Crippen LogP contribution in [0.25, 0.3) is 39.3 Å². The van der Waals surface area contributed by atoms with E-state index in [1.807, 2.05) is 45.9 Å². The molecule has 48 N–H and O–H groups in total. The van der Waals surface area contributed by atoms with E-state index in [4.69, 9.17) is 110 Å². The number of amides is 9. The molecule has 8 bridgehead atoms. The van der Waals surface area contributed by atoms with E-state index in [1.54, 1.807) is 6.08 Å². The van der Waals surface area contributed by atoms with Crippen molar-refractivity contribution in [3.63, 3.8) is 0 Å². The fourth-order valence-electron chi connectivity index (χ4n) is 16.3. The molecule has 9 amide bonds. The van der Waals surface area contributed by atoms with Gasteiger partial charge in [0.1, 0.15) is 54.4 Å². The molecule has 0 radical (unpaired) electrons. The molecule has 52 nitrogen and oxygen atoms in total. The lowest BCUT2D eigenvalue weighted by atomic mass is 9.85. The van der Waals surface area contributed by atoms with Gasteiger partial charge in [0.15, 0.2) is 59.4 Å². The second-order valence-electron chi connectivity index (χ2n) is 34.1. The van der Waals surface area contributed by atoms with Crippen molar-refractivity contribution in [2.45, 2.75) is 242 Å². The zero-order valence-corrected chi connectivity index (χ0v) is 79.3. The van der Waals surface area contributed by atoms with Crippen LogP contribution < -0.4 is 147 Å². The summed E-state index contributed by atoms with van der Waals surface area (Å²) in [6, 6.07) is -8.11. The smallest absolute Gasteiger partial charge is 0.326 e. The molecule has 0 aromatic carbocycles. The second kappa shape index (κ2) is 56.0. The van der Waals surface area contributed by atoms with Crippen molar-refractivity contribution in [3.8, 4) is 0 Å². The molecule has 3 aromatic heterocycles. The van der Waals surface area contributed by atoms with Crippen LogP contribution in [0.5, 0.6) is 0 Å². The van der Waals surface area contributed by atoms with E-state index in [0.29, 0.717) is 40.0 Å². The summed E-state index contributed by atoms with van der Waals surface area (Å²) < 4.78 is 0. The number of Topliss-reactive ketones (excluding diaryl/α,β-unsaturated/α-hetero) is 1. The minimum absolute atomic E-state index is 0.000325. The Hall–Kier alpha value is -15.6. The van der Waals surface area contributed by atoms with Gasteiger partial charge in [0.2, 0.25) is 53.2 Å². The van der Waals surface area contributed by atoms with Crippen LogP contribution >= 0.6 is 0 Å². The average molecular weight is 1940 g/mol. The number of aryl methyl sites for hydroxylation is 2. The molecule has 0 saturated heterocycles. The minimum atomic E-state index is -1.64. The van der Waals surface area contributed by atoms with Crippen LogP contribution in [0.2, 0.25) is 0 Å². The van der Waals surface area contributed by atoms with Crippen LogP contribution in [0.1, 0.15) is 223 Å². The molecular weight excluding hydrogens is 1800 g/mol. The highest BCUT2D eigenvalue weighted by molar-refractivity contribution is 6.13. The number of nitrogens with two attached hydrogens (primary N) is 9. The Morgan fingerprint density at radius 3 is 1.00 bits per heavy atom. The van der Waals surface area contributed by atoms with Crippen molar-refractivity contribution in [2.24, 2.45) is 51.6 Å². The highest BCUT2D eigenvalue weighted by atomic mass is 16.4. The second-order valence-corrected chi connectivity index (χ2v) is 34.1. The first-order chi connectivity index (χ1) is 65.9. The number of guanidine groups is 9. The number of aromatic amines is 2. The van der Waals surface area contributed by atoms with Crippen molar-refractivity contribution >= 4 is 158 Å². The summed E-state index contributed by atoms with van der Waals surface area (Å²) in [6.07, 6.45) is 0.850. The van der Waals surface area contributed by atoms with E-state index in [0.717, 1.165) is 50.3 Å². The van der Waals surface area contributed by atoms with Gasteiger partial charge in [-0.25, -0.2) is 9.78 Å². The number of carbonyl (C=O) groups is 11. The van der Waals surface area contributed by atoms with E-state index in [-0.39, 0.29) is 217 Å². The molecular formula is C87H142N40O12. The SMILES string of the molecule is C=Cc1c(C)c2cc3nc(c4c5[nH]c(cc6nc(cc1[nH]2)C(C)=C6CC)c(C)c5C(=O)C4)[C@@H](CCC(=O)N[C@@H](CCCNC(=N)N)C(=O)N[C@@H](CCCNC(=N)N)C(=O)N[C@@H](CCCNC(=N)N)C(=O)N[C@@H](CCCNC(=N)N)C(=O)N[C@@H](CCCNC(=N)N)C(=O)N[C@@H](CCCNC(=N)N)C(=O)N[C@@H](CCCNC(=N)N)C(=O)N[C@@H](CCCNC(=N)N)C(=O)N[C@@H](CCCNC(=N)N)C(=O)O)[C@@H]3C. The van der Waals surface area contributed by atoms with Gasteiger partial charge in [-0.3, -0.25) is 102 Å². The molecule has 52 heteroatoms. The van der Waals surface area contributed by atoms with Crippen molar-refractivity contribution in [1.29, 1.82) is 48.7 Å². The number of hydrogen-bond acceptors (Lipinski definition) is 22. The molecule has 3 aromatic rings. The van der Waals surface area contributed by atoms with Crippen LogP contribution in [0.3, 0.4) is 0 Å². The zero-order chi connectivity index (χ0) is 103. The van der Waals surface area contributed by atoms with Crippen LogP contribution in [0.4, 0.5) is 0 Å². The van der Waals surface area contributed by atoms with Crippen molar-refractivity contribution < 1.29 is 57.8 Å². The van der Waals surface area contributed by atoms with Gasteiger partial charge in [-0.1, -0.05) is 26.5 Å². The van der Waals surface area contributed by atoms with Gasteiger partial charge in [0.05, 0.1) is 22.6 Å². The number of allylic oxidation sites excluding steroid dienone is 2. The Labute approximate surface area is 804 Å². The van der Waals surface area contributed by atoms with Gasteiger partial charge >= 0.3 is 5.97 Å². The summed E-state index contributed by atoms with van der Waals surface area (Å²) in [5, 5.41) is 128. The van der Waals surface area contributed by atoms with E-state index in [1.165, 1.54) is 0 Å². The summed E-state index contributed by atoms with van der Waals surface area (Å²) >= 11 is 0. The normalized spacial score (nSPS) is 14.8. The maximum atomic E-state index is 15.3. The largest absolute Gasteiger partial charge is 0.480 e. The first-order valence-electron chi connectivity index (χ1n) is 46.2. The number of carboxylic acid groups (broad SMARTS) is 1. The van der Waals surface area contributed by atoms with E-state index in [2.05, 4.69) is 119 Å². The quantitative estimate of drug-likeness (QED) is 0.0146. The van der Waals surface area contributed by atoms with Gasteiger partial charge in [0.25, 0.3) is 0 Å². The van der Waals surface area contributed by atoms with Crippen LogP contribution in [0, 0.1) is 62.5 Å². The number of carboxylic acids is 1. The monoisotopic (exact) mass is 1940 g/mol. The molecule has 11 atom stereocenters. The number of nitrogens with one attached hydrogen (secondary N) is 29. The highest BCUT2D eigenvalue weighted by Gasteiger charge is 2.40. The predicted octanol–water partition coefficient (Wildman–Crippen LogP) is -3.86. The molecule has 762 valence electrons. The Kier molecular flexibility index (Phi) is 45.2. The summed E-state index contributed by atoms with van der Waals surface area (Å²) in [7, 11) is 0. The Balaban J connectivity index is 1.34. The molecule has 5 heterocycles. The highest BCUT2D eigenvalue weighted by Crippen LogP contribution is 2.45. The van der Waals surface area contributed by atoms with Gasteiger partial charge in [-0.2, -0.15) is 0 Å². The number of H-pyrrole nitrogens is 2. The number of nitrogens with zero attached hydrogens (tertiary/aromatic N) is 2. The average Bonchev–Trinajstić information content (AvgIpc) is 1.58. The maximum Gasteiger partial charge on any atom is 0.326 e. The number of aromatic nitrogens is 4. The Morgan fingerprint density at radius 2 is 0.705 bits per heavy atom. The van der Waals surface area contributed by atoms with Gasteiger partial charge in [-0.05, 0) is 190 Å². The number of ketones is 1. The van der Waals surface area contributed by atoms with Crippen LogP contribution in [-0.4, -0.2) is 257 Å². The standard InChI is InChI=1S/C87H142N40O12/c1-7-46-42(3)59-39-61-44(5)48(68(118-61)49-38-65(128)67-45(6)62(119-69(49)67)41-64-47(8-2)43(4)60(116-64)40-63(46)115-59)27-28-66(129)117-50(18-9-29-106-79(88)89)70(130)120-51(19-10-30-107-80(90)91)71(131)121-52(20-11-31-108-81(92)93)72(132)122-53(21-12-32-109-82(94)95)73(133)123-54(22-13-33-110-83(96)97)74(134)124-55(23-14-34-111-84(98)99)75(135)125-56(24-15-35-112-85(100)101)76(136)126-57(25-16-36-113-86(102)103)77(137)127-58(78(138)139)26-17-37-114-87(104)105/h7,39-41,44,48,50-58,115,119H,1,8-38H2,2-6H3,(H,117,129)(H,120,130)(H,121,131)(H,122,132)(H,123,133)(H,124,134)(H,125,135)(H,126,136)(H,127,137)(H,138,139)(H4,88,89,106)(H4,90,91,107)(H4,92,93,108)(H4,94,95,109)(H4,96,97,110)(H4,98,99,111)(H4,100,101,112)(H4,102,103,113)(H4,104,105,114)/t44-,48-,50-,51-,52-,53-,54-,55-,56-,57-,58-/m0/s1. The third-order valence-corrected chi connectivity index (χ3v) is 23.6. The van der Waals surface area contributed by atoms with E-state index in [9.17, 15) is 33.9 Å². The third kappa shape index (κ3) is 36.5. The van der Waals surface area contributed by atoms with Gasteiger partial charge in [0, 0.05) is 123 Å². The van der Waals surface area contributed by atoms with E-state index >= 15 is 24.0 Å². The van der Waals surface area contributed by atoms with Crippen LogP contribution in [-0.2, 0) is 54.4 Å². The molecule has 0 spiro atoms. The van der Waals surface area contributed by atoms with Crippen molar-refractivity contribution in [3.05, 3.63) is 75.4 Å². The van der Waals surface area contributed by atoms with Crippen LogP contribution in [0.15, 0.2) is 24.8 Å².